The van der Waals surface area contributed by atoms with Crippen LogP contribution in [-0.4, -0.2) is 24.5 Å². The van der Waals surface area contributed by atoms with E-state index >= 15 is 0 Å². The smallest absolute Gasteiger partial charge is 0.0601 e. The molecule has 13 heavy (non-hydrogen) atoms. The van der Waals surface area contributed by atoms with Crippen molar-refractivity contribution in [1.82, 2.24) is 4.90 Å². The topological polar surface area (TPSA) is 3.24 Å². The van der Waals surface area contributed by atoms with Crippen LogP contribution in [0.25, 0.3) is 0 Å². The molecule has 0 aromatic carbocycles. The zero-order chi connectivity index (χ0) is 9.10. The second-order valence-corrected chi connectivity index (χ2v) is 4.43. The molecule has 1 aliphatic carbocycles. The maximum atomic E-state index is 3.18. The molecule has 1 aliphatic heterocycles. The number of fused-ring (bicyclic) bond motifs is 1. The highest BCUT2D eigenvalue weighted by atomic mass is 15.1. The summed E-state index contributed by atoms with van der Waals surface area (Å²) in [5.74, 6) is 8.17. The number of rotatable bonds is 1. The molecule has 0 spiro atoms. The predicted molar refractivity (Wildman–Crippen MR) is 55.3 cm³/mol. The average molecular weight is 177 g/mol. The Morgan fingerprint density at radius 3 is 2.31 bits per heavy atom. The first kappa shape index (κ1) is 9.09. The molecule has 1 heteroatoms. The lowest BCUT2D eigenvalue weighted by Gasteiger charge is -2.23. The monoisotopic (exact) mass is 177 g/mol. The van der Waals surface area contributed by atoms with Gasteiger partial charge in [0.15, 0.2) is 0 Å². The highest BCUT2D eigenvalue weighted by molar-refractivity contribution is 5.00. The van der Waals surface area contributed by atoms with E-state index in [-0.39, 0.29) is 0 Å². The van der Waals surface area contributed by atoms with E-state index in [1.54, 1.807) is 0 Å². The van der Waals surface area contributed by atoms with E-state index < -0.39 is 0 Å². The Hall–Kier alpha value is -0.480. The number of hydrogen-bond acceptors (Lipinski definition) is 1. The minimum atomic E-state index is 1.00. The van der Waals surface area contributed by atoms with Crippen LogP contribution in [0.2, 0.25) is 0 Å². The van der Waals surface area contributed by atoms with Gasteiger partial charge in [-0.1, -0.05) is 18.8 Å². The van der Waals surface area contributed by atoms with Gasteiger partial charge in [-0.2, -0.15) is 0 Å². The van der Waals surface area contributed by atoms with Crippen LogP contribution < -0.4 is 0 Å². The van der Waals surface area contributed by atoms with Crippen LogP contribution >= 0.6 is 0 Å². The van der Waals surface area contributed by atoms with Crippen molar-refractivity contribution in [1.29, 1.82) is 0 Å². The lowest BCUT2D eigenvalue weighted by Crippen LogP contribution is -2.20. The first-order chi connectivity index (χ1) is 6.40. The molecule has 2 fully saturated rings. The largest absolute Gasteiger partial charge is 0.292 e. The molecule has 72 valence electrons. The minimum absolute atomic E-state index is 1.00. The van der Waals surface area contributed by atoms with Gasteiger partial charge in [0.05, 0.1) is 6.54 Å². The molecule has 0 amide bonds. The van der Waals surface area contributed by atoms with Gasteiger partial charge < -0.3 is 0 Å². The second kappa shape index (κ2) is 4.15. The zero-order valence-electron chi connectivity index (χ0n) is 8.55. The molecule has 1 nitrogen and oxygen atoms in total. The summed E-state index contributed by atoms with van der Waals surface area (Å²) in [6.07, 6.45) is 5.88. The first-order valence-electron chi connectivity index (χ1n) is 5.52. The molecule has 1 saturated heterocycles. The Labute approximate surface area is 81.5 Å². The van der Waals surface area contributed by atoms with E-state index in [4.69, 9.17) is 0 Å². The Bertz CT molecular complexity index is 209. The Balaban J connectivity index is 1.86. The van der Waals surface area contributed by atoms with E-state index in [1.807, 2.05) is 6.92 Å². The summed E-state index contributed by atoms with van der Waals surface area (Å²) < 4.78 is 0. The normalized spacial score (nSPS) is 33.6. The van der Waals surface area contributed by atoms with Gasteiger partial charge in [0.2, 0.25) is 0 Å². The third-order valence-electron chi connectivity index (χ3n) is 3.53. The molecule has 2 aliphatic rings. The summed E-state index contributed by atoms with van der Waals surface area (Å²) in [6, 6.07) is 0. The molecule has 2 atom stereocenters. The third kappa shape index (κ3) is 2.06. The fourth-order valence-electron chi connectivity index (χ4n) is 2.82. The van der Waals surface area contributed by atoms with Crippen LogP contribution in [0.5, 0.6) is 0 Å². The van der Waals surface area contributed by atoms with Crippen molar-refractivity contribution in [2.75, 3.05) is 19.6 Å². The molecule has 0 radical (unpaired) electrons. The fourth-order valence-corrected chi connectivity index (χ4v) is 2.82. The van der Waals surface area contributed by atoms with Crippen LogP contribution in [0, 0.1) is 23.7 Å². The quantitative estimate of drug-likeness (QED) is 0.555. The van der Waals surface area contributed by atoms with E-state index in [2.05, 4.69) is 16.7 Å². The van der Waals surface area contributed by atoms with E-state index in [1.165, 1.54) is 38.8 Å². The molecule has 0 N–H and O–H groups in total. The van der Waals surface area contributed by atoms with Gasteiger partial charge in [0.25, 0.3) is 0 Å². The summed E-state index contributed by atoms with van der Waals surface area (Å²) in [4.78, 5) is 2.54. The highest BCUT2D eigenvalue weighted by Crippen LogP contribution is 2.35. The maximum absolute atomic E-state index is 3.18. The molecular formula is C12H19N. The van der Waals surface area contributed by atoms with Crippen LogP contribution in [0.3, 0.4) is 0 Å². The highest BCUT2D eigenvalue weighted by Gasteiger charge is 2.33. The standard InChI is InChI=1S/C12H19N/c1-2-3-8-13-9-11-6-4-5-7-12(11)10-13/h11-12H,4-10H2,1H3. The van der Waals surface area contributed by atoms with Gasteiger partial charge in [-0.3, -0.25) is 4.90 Å². The molecule has 1 heterocycles. The predicted octanol–water partition coefficient (Wildman–Crippen LogP) is 2.13. The van der Waals surface area contributed by atoms with Crippen molar-refractivity contribution in [3.63, 3.8) is 0 Å². The molecule has 0 aromatic heterocycles. The van der Waals surface area contributed by atoms with Crippen LogP contribution in [0.1, 0.15) is 32.6 Å². The average Bonchev–Trinajstić information content (AvgIpc) is 2.57. The maximum Gasteiger partial charge on any atom is 0.0601 e. The lowest BCUT2D eigenvalue weighted by molar-refractivity contribution is 0.299. The summed E-state index contributed by atoms with van der Waals surface area (Å²) in [5, 5.41) is 0. The second-order valence-electron chi connectivity index (χ2n) is 4.43. The van der Waals surface area contributed by atoms with Gasteiger partial charge in [0, 0.05) is 13.1 Å². The number of hydrogen-bond donors (Lipinski definition) is 0. The summed E-state index contributed by atoms with van der Waals surface area (Å²) >= 11 is 0. The number of nitrogens with zero attached hydrogens (tertiary/aromatic N) is 1. The third-order valence-corrected chi connectivity index (χ3v) is 3.53. The Morgan fingerprint density at radius 2 is 1.77 bits per heavy atom. The SMILES string of the molecule is CC#CCN1CC2CCCCC2C1. The van der Waals surface area contributed by atoms with Crippen molar-refractivity contribution in [2.45, 2.75) is 32.6 Å². The van der Waals surface area contributed by atoms with Gasteiger partial charge in [-0.15, -0.1) is 5.92 Å². The van der Waals surface area contributed by atoms with E-state index in [0.717, 1.165) is 18.4 Å². The Morgan fingerprint density at radius 1 is 1.15 bits per heavy atom. The summed E-state index contributed by atoms with van der Waals surface area (Å²) in [5.41, 5.74) is 0. The lowest BCUT2D eigenvalue weighted by atomic mass is 9.82. The van der Waals surface area contributed by atoms with E-state index in [9.17, 15) is 0 Å². The van der Waals surface area contributed by atoms with Crippen molar-refractivity contribution in [3.05, 3.63) is 0 Å². The van der Waals surface area contributed by atoms with Crippen molar-refractivity contribution in [2.24, 2.45) is 11.8 Å². The van der Waals surface area contributed by atoms with Gasteiger partial charge in [0.1, 0.15) is 0 Å². The zero-order valence-corrected chi connectivity index (χ0v) is 8.55. The van der Waals surface area contributed by atoms with Crippen molar-refractivity contribution < 1.29 is 0 Å². The van der Waals surface area contributed by atoms with Gasteiger partial charge >= 0.3 is 0 Å². The van der Waals surface area contributed by atoms with Gasteiger partial charge in [-0.25, -0.2) is 0 Å². The van der Waals surface area contributed by atoms with Crippen molar-refractivity contribution >= 4 is 0 Å². The summed E-state index contributed by atoms with van der Waals surface area (Å²) in [6.45, 7) is 5.57. The van der Waals surface area contributed by atoms with Crippen molar-refractivity contribution in [3.8, 4) is 11.8 Å². The molecule has 2 unspecified atom stereocenters. The number of likely N-dealkylation sites (tertiary alicyclic amines) is 1. The molecule has 0 aromatic rings. The molecule has 1 saturated carbocycles. The van der Waals surface area contributed by atoms with Crippen LogP contribution in [0.15, 0.2) is 0 Å². The van der Waals surface area contributed by atoms with Crippen LogP contribution in [0.4, 0.5) is 0 Å². The molecule has 0 bridgehead atoms. The Kier molecular flexibility index (Phi) is 2.90. The fraction of sp³-hybridized carbons (Fsp3) is 0.833. The first-order valence-corrected chi connectivity index (χ1v) is 5.52. The molecule has 2 rings (SSSR count). The van der Waals surface area contributed by atoms with Gasteiger partial charge in [-0.05, 0) is 31.6 Å². The molecular weight excluding hydrogens is 158 g/mol. The van der Waals surface area contributed by atoms with Crippen LogP contribution in [-0.2, 0) is 0 Å². The van der Waals surface area contributed by atoms with E-state index in [0.29, 0.717) is 0 Å². The summed E-state index contributed by atoms with van der Waals surface area (Å²) in [7, 11) is 0. The minimum Gasteiger partial charge on any atom is -0.292 e.